The molecule has 7 nitrogen and oxygen atoms in total. The Morgan fingerprint density at radius 3 is 2.32 bits per heavy atom. The first-order valence-electron chi connectivity index (χ1n) is 7.97. The number of halogens is 1. The van der Waals surface area contributed by atoms with E-state index in [1.54, 1.807) is 24.3 Å². The summed E-state index contributed by atoms with van der Waals surface area (Å²) in [6.45, 7) is -0.414. The Balaban J connectivity index is 1.68. The number of carboxylic acids is 1. The third kappa shape index (κ3) is 4.59. The van der Waals surface area contributed by atoms with E-state index in [4.69, 9.17) is 16.7 Å². The van der Waals surface area contributed by atoms with E-state index >= 15 is 0 Å². The van der Waals surface area contributed by atoms with E-state index in [1.807, 2.05) is 0 Å². The third-order valence-electron chi connectivity index (χ3n) is 3.76. The Morgan fingerprint density at radius 2 is 1.71 bits per heavy atom. The highest BCUT2D eigenvalue weighted by molar-refractivity contribution is 8.18. The minimum atomic E-state index is -1.06. The van der Waals surface area contributed by atoms with E-state index in [2.05, 4.69) is 5.32 Å². The fourth-order valence-corrected chi connectivity index (χ4v) is 3.35. The summed E-state index contributed by atoms with van der Waals surface area (Å²) in [5.41, 5.74) is 1.18. The van der Waals surface area contributed by atoms with E-state index in [1.165, 1.54) is 30.3 Å². The Bertz CT molecular complexity index is 986. The van der Waals surface area contributed by atoms with Gasteiger partial charge in [0, 0.05) is 10.7 Å². The number of carbonyl (C=O) groups is 4. The molecule has 2 aromatic rings. The van der Waals surface area contributed by atoms with E-state index in [-0.39, 0.29) is 10.5 Å². The number of benzene rings is 2. The third-order valence-corrected chi connectivity index (χ3v) is 4.92. The molecule has 1 aliphatic rings. The van der Waals surface area contributed by atoms with Gasteiger partial charge in [0.25, 0.3) is 11.1 Å². The highest BCUT2D eigenvalue weighted by Crippen LogP contribution is 2.32. The van der Waals surface area contributed by atoms with Gasteiger partial charge in [0.15, 0.2) is 0 Å². The molecule has 1 saturated heterocycles. The summed E-state index contributed by atoms with van der Waals surface area (Å²) in [5.74, 6) is -2.15. The number of nitrogens with one attached hydrogen (secondary N) is 1. The number of hydrogen-bond donors (Lipinski definition) is 2. The van der Waals surface area contributed by atoms with Crippen molar-refractivity contribution in [1.82, 2.24) is 4.90 Å². The molecule has 3 amide bonds. The van der Waals surface area contributed by atoms with Gasteiger partial charge in [-0.05, 0) is 59.8 Å². The quantitative estimate of drug-likeness (QED) is 0.720. The van der Waals surface area contributed by atoms with Crippen LogP contribution in [0.15, 0.2) is 53.4 Å². The Kier molecular flexibility index (Phi) is 5.81. The van der Waals surface area contributed by atoms with Gasteiger partial charge in [0.1, 0.15) is 6.54 Å². The molecule has 28 heavy (non-hydrogen) atoms. The standard InChI is InChI=1S/C19H13ClN2O5S/c20-13-5-7-14(8-6-13)21-16(23)10-22-17(24)15(28-19(22)27)9-11-1-3-12(4-2-11)18(25)26/h1-9H,10H2,(H,21,23)(H,25,26)/b15-9-. The van der Waals surface area contributed by atoms with Crippen molar-refractivity contribution >= 4 is 58.1 Å². The number of anilines is 1. The summed E-state index contributed by atoms with van der Waals surface area (Å²) >= 11 is 6.50. The predicted molar refractivity (Wildman–Crippen MR) is 106 cm³/mol. The predicted octanol–water partition coefficient (Wildman–Crippen LogP) is 3.71. The van der Waals surface area contributed by atoms with Gasteiger partial charge in [-0.3, -0.25) is 19.3 Å². The molecule has 2 N–H and O–H groups in total. The number of aromatic carboxylic acids is 1. The van der Waals surface area contributed by atoms with Gasteiger partial charge < -0.3 is 10.4 Å². The van der Waals surface area contributed by atoms with Gasteiger partial charge in [-0.25, -0.2) is 4.79 Å². The van der Waals surface area contributed by atoms with Gasteiger partial charge in [-0.15, -0.1) is 0 Å². The van der Waals surface area contributed by atoms with Crippen molar-refractivity contribution < 1.29 is 24.3 Å². The molecule has 0 aliphatic carbocycles. The monoisotopic (exact) mass is 416 g/mol. The SMILES string of the molecule is O=C(CN1C(=O)S/C(=C\c2ccc(C(=O)O)cc2)C1=O)Nc1ccc(Cl)cc1. The summed E-state index contributed by atoms with van der Waals surface area (Å²) in [7, 11) is 0. The van der Waals surface area contributed by atoms with Crippen molar-refractivity contribution in [3.63, 3.8) is 0 Å². The first-order valence-corrected chi connectivity index (χ1v) is 9.17. The van der Waals surface area contributed by atoms with Gasteiger partial charge in [-0.2, -0.15) is 0 Å². The lowest BCUT2D eigenvalue weighted by Crippen LogP contribution is -2.36. The molecule has 0 radical (unpaired) electrons. The smallest absolute Gasteiger partial charge is 0.335 e. The molecule has 0 atom stereocenters. The summed E-state index contributed by atoms with van der Waals surface area (Å²) in [5, 5.41) is 11.5. The zero-order valence-corrected chi connectivity index (χ0v) is 15.8. The second-order valence-electron chi connectivity index (χ2n) is 5.75. The Hall–Kier alpha value is -3.10. The first kappa shape index (κ1) is 19.7. The fourth-order valence-electron chi connectivity index (χ4n) is 2.39. The molecule has 0 spiro atoms. The highest BCUT2D eigenvalue weighted by atomic mass is 35.5. The van der Waals surface area contributed by atoms with Crippen LogP contribution < -0.4 is 5.32 Å². The highest BCUT2D eigenvalue weighted by Gasteiger charge is 2.36. The summed E-state index contributed by atoms with van der Waals surface area (Å²) in [6.07, 6.45) is 1.48. The molecular formula is C19H13ClN2O5S. The Morgan fingerprint density at radius 1 is 1.07 bits per heavy atom. The van der Waals surface area contributed by atoms with Crippen molar-refractivity contribution in [1.29, 1.82) is 0 Å². The molecule has 0 bridgehead atoms. The number of imide groups is 1. The topological polar surface area (TPSA) is 104 Å². The van der Waals surface area contributed by atoms with Crippen molar-refractivity contribution in [2.24, 2.45) is 0 Å². The number of rotatable bonds is 5. The molecule has 1 fully saturated rings. The normalized spacial score (nSPS) is 15.2. The lowest BCUT2D eigenvalue weighted by atomic mass is 10.1. The van der Waals surface area contributed by atoms with Crippen LogP contribution in [0.2, 0.25) is 5.02 Å². The van der Waals surface area contributed by atoms with E-state index in [0.29, 0.717) is 16.3 Å². The molecule has 2 aromatic carbocycles. The number of carbonyl (C=O) groups excluding carboxylic acids is 3. The summed E-state index contributed by atoms with van der Waals surface area (Å²) in [6, 6.07) is 12.3. The van der Waals surface area contributed by atoms with Gasteiger partial charge in [0.05, 0.1) is 10.5 Å². The second-order valence-corrected chi connectivity index (χ2v) is 7.18. The minimum Gasteiger partial charge on any atom is -0.478 e. The second kappa shape index (κ2) is 8.28. The maximum absolute atomic E-state index is 12.5. The maximum Gasteiger partial charge on any atom is 0.335 e. The first-order chi connectivity index (χ1) is 13.3. The van der Waals surface area contributed by atoms with Crippen LogP contribution in [0.3, 0.4) is 0 Å². The van der Waals surface area contributed by atoms with E-state index in [0.717, 1.165) is 16.7 Å². The van der Waals surface area contributed by atoms with Crippen molar-refractivity contribution in [2.45, 2.75) is 0 Å². The molecule has 1 aliphatic heterocycles. The average Bonchev–Trinajstić information content (AvgIpc) is 2.91. The van der Waals surface area contributed by atoms with E-state index in [9.17, 15) is 19.2 Å². The van der Waals surface area contributed by atoms with Crippen LogP contribution in [-0.2, 0) is 9.59 Å². The van der Waals surface area contributed by atoms with Crippen LogP contribution in [0.5, 0.6) is 0 Å². The number of thioether (sulfide) groups is 1. The zero-order chi connectivity index (χ0) is 20.3. The average molecular weight is 417 g/mol. The molecule has 1 heterocycles. The van der Waals surface area contributed by atoms with E-state index < -0.39 is 29.6 Å². The van der Waals surface area contributed by atoms with Crippen LogP contribution in [0, 0.1) is 0 Å². The number of hydrogen-bond acceptors (Lipinski definition) is 5. The van der Waals surface area contributed by atoms with Crippen LogP contribution in [0.25, 0.3) is 6.08 Å². The van der Waals surface area contributed by atoms with Crippen molar-refractivity contribution in [2.75, 3.05) is 11.9 Å². The van der Waals surface area contributed by atoms with Gasteiger partial charge >= 0.3 is 5.97 Å². The molecule has 142 valence electrons. The summed E-state index contributed by atoms with van der Waals surface area (Å²) in [4.78, 5) is 48.6. The van der Waals surface area contributed by atoms with Gasteiger partial charge in [0.2, 0.25) is 5.91 Å². The van der Waals surface area contributed by atoms with Crippen LogP contribution in [0.4, 0.5) is 10.5 Å². The van der Waals surface area contributed by atoms with Crippen molar-refractivity contribution in [3.8, 4) is 0 Å². The summed E-state index contributed by atoms with van der Waals surface area (Å²) < 4.78 is 0. The molecular weight excluding hydrogens is 404 g/mol. The van der Waals surface area contributed by atoms with Crippen LogP contribution >= 0.6 is 23.4 Å². The number of amides is 3. The molecule has 0 saturated carbocycles. The minimum absolute atomic E-state index is 0.115. The van der Waals surface area contributed by atoms with Crippen LogP contribution in [-0.4, -0.2) is 39.6 Å². The fraction of sp³-hybridized carbons (Fsp3) is 0.0526. The van der Waals surface area contributed by atoms with Gasteiger partial charge in [-0.1, -0.05) is 23.7 Å². The lowest BCUT2D eigenvalue weighted by Gasteiger charge is -2.12. The largest absolute Gasteiger partial charge is 0.478 e. The Labute approximate surface area is 169 Å². The lowest BCUT2D eigenvalue weighted by molar-refractivity contribution is -0.127. The van der Waals surface area contributed by atoms with Crippen LogP contribution in [0.1, 0.15) is 15.9 Å². The zero-order valence-electron chi connectivity index (χ0n) is 14.2. The molecule has 3 rings (SSSR count). The van der Waals surface area contributed by atoms with Crippen molar-refractivity contribution in [3.05, 3.63) is 69.6 Å². The molecule has 9 heteroatoms. The number of nitrogens with zero attached hydrogens (tertiary/aromatic N) is 1. The molecule has 0 unspecified atom stereocenters. The maximum atomic E-state index is 12.5. The number of carboxylic acid groups (broad SMARTS) is 1. The molecule has 0 aromatic heterocycles.